The normalized spacial score (nSPS) is 10.7. The molecular weight excluding hydrogens is 390 g/mol. The monoisotopic (exact) mass is 407 g/mol. The number of thiophene rings is 1. The van der Waals surface area contributed by atoms with Crippen molar-refractivity contribution in [3.8, 4) is 11.3 Å². The molecule has 0 aliphatic rings. The van der Waals surface area contributed by atoms with Crippen LogP contribution in [-0.2, 0) is 4.74 Å². The van der Waals surface area contributed by atoms with Gasteiger partial charge in [-0.15, -0.1) is 11.3 Å². The number of aromatic nitrogens is 3. The summed E-state index contributed by atoms with van der Waals surface area (Å²) in [4.78, 5) is 28.8. The second kappa shape index (κ2) is 8.11. The molecule has 3 heterocycles. The number of benzene rings is 1. The van der Waals surface area contributed by atoms with Gasteiger partial charge < -0.3 is 10.1 Å². The number of urea groups is 1. The van der Waals surface area contributed by atoms with E-state index < -0.39 is 6.03 Å². The van der Waals surface area contributed by atoms with E-state index in [0.717, 1.165) is 21.3 Å². The third-order valence-corrected chi connectivity index (χ3v) is 5.14. The maximum Gasteiger partial charge on any atom is 0.348 e. The molecule has 146 valence electrons. The topological polar surface area (TPSA) is 109 Å². The number of fused-ring (bicyclic) bond motifs is 1. The van der Waals surface area contributed by atoms with Gasteiger partial charge in [-0.25, -0.2) is 9.59 Å². The van der Waals surface area contributed by atoms with Gasteiger partial charge in [0, 0.05) is 34.4 Å². The molecule has 0 bridgehead atoms. The number of pyridine rings is 1. The summed E-state index contributed by atoms with van der Waals surface area (Å²) in [6.45, 7) is 2.10. The minimum absolute atomic E-state index is 0.329. The number of hydrogen-bond acceptors (Lipinski definition) is 6. The number of esters is 1. The fourth-order valence-electron chi connectivity index (χ4n) is 2.76. The zero-order valence-corrected chi connectivity index (χ0v) is 16.2. The number of hydrogen-bond donors (Lipinski definition) is 3. The fourth-order valence-corrected chi connectivity index (χ4v) is 3.70. The Morgan fingerprint density at radius 2 is 2.07 bits per heavy atom. The molecule has 0 spiro atoms. The molecule has 0 fully saturated rings. The van der Waals surface area contributed by atoms with Crippen molar-refractivity contribution in [2.75, 3.05) is 17.2 Å². The number of nitrogens with one attached hydrogen (secondary N) is 3. The van der Waals surface area contributed by atoms with Crippen molar-refractivity contribution >= 4 is 44.9 Å². The van der Waals surface area contributed by atoms with Crippen LogP contribution in [0.3, 0.4) is 0 Å². The summed E-state index contributed by atoms with van der Waals surface area (Å²) in [5, 5.41) is 13.3. The van der Waals surface area contributed by atoms with Gasteiger partial charge in [-0.1, -0.05) is 0 Å². The van der Waals surface area contributed by atoms with Crippen molar-refractivity contribution in [1.29, 1.82) is 0 Å². The first kappa shape index (κ1) is 18.6. The predicted molar refractivity (Wildman–Crippen MR) is 112 cm³/mol. The van der Waals surface area contributed by atoms with Crippen molar-refractivity contribution < 1.29 is 14.3 Å². The Bertz CT molecular complexity index is 1170. The lowest BCUT2D eigenvalue weighted by atomic mass is 10.2. The summed E-state index contributed by atoms with van der Waals surface area (Å²) in [6, 6.07) is 12.2. The number of carbonyl (C=O) groups excluding carboxylic acids is 2. The van der Waals surface area contributed by atoms with Gasteiger partial charge in [0.05, 0.1) is 12.3 Å². The smallest absolute Gasteiger partial charge is 0.348 e. The number of ether oxygens (including phenoxy) is 1. The van der Waals surface area contributed by atoms with E-state index in [-0.39, 0.29) is 5.97 Å². The van der Waals surface area contributed by atoms with Gasteiger partial charge in [0.15, 0.2) is 5.82 Å². The molecule has 8 nitrogen and oxygen atoms in total. The molecule has 2 amide bonds. The van der Waals surface area contributed by atoms with Crippen LogP contribution >= 0.6 is 11.3 Å². The van der Waals surface area contributed by atoms with E-state index >= 15 is 0 Å². The Morgan fingerprint density at radius 3 is 2.86 bits per heavy atom. The first-order valence-corrected chi connectivity index (χ1v) is 9.68. The molecule has 3 N–H and O–H groups in total. The second-order valence-electron chi connectivity index (χ2n) is 6.07. The summed E-state index contributed by atoms with van der Waals surface area (Å²) in [6.07, 6.45) is 3.39. The molecule has 3 aromatic heterocycles. The molecule has 0 unspecified atom stereocenters. The Kier molecular flexibility index (Phi) is 5.21. The second-order valence-corrected chi connectivity index (χ2v) is 7.16. The minimum atomic E-state index is -0.422. The average molecular weight is 407 g/mol. The molecule has 0 aliphatic heterocycles. The quantitative estimate of drug-likeness (QED) is 0.422. The largest absolute Gasteiger partial charge is 0.462 e. The number of anilines is 2. The van der Waals surface area contributed by atoms with Gasteiger partial charge in [-0.05, 0) is 48.7 Å². The zero-order chi connectivity index (χ0) is 20.2. The summed E-state index contributed by atoms with van der Waals surface area (Å²) in [5.74, 6) is 0.0477. The Labute approximate surface area is 169 Å². The Morgan fingerprint density at radius 1 is 1.17 bits per heavy atom. The van der Waals surface area contributed by atoms with Crippen molar-refractivity contribution in [1.82, 2.24) is 15.2 Å². The Balaban J connectivity index is 1.43. The van der Waals surface area contributed by atoms with E-state index in [0.29, 0.717) is 23.0 Å². The first-order chi connectivity index (χ1) is 14.1. The zero-order valence-electron chi connectivity index (χ0n) is 15.4. The van der Waals surface area contributed by atoms with Crippen LogP contribution in [0.2, 0.25) is 0 Å². The molecule has 9 heteroatoms. The van der Waals surface area contributed by atoms with Crippen LogP contribution in [0.15, 0.2) is 54.9 Å². The maximum atomic E-state index is 12.3. The van der Waals surface area contributed by atoms with Crippen molar-refractivity contribution in [2.45, 2.75) is 6.92 Å². The molecular formula is C20H17N5O3S. The predicted octanol–water partition coefficient (Wildman–Crippen LogP) is 4.51. The average Bonchev–Trinajstić information content (AvgIpc) is 3.35. The van der Waals surface area contributed by atoms with Crippen LogP contribution in [0.4, 0.5) is 16.3 Å². The summed E-state index contributed by atoms with van der Waals surface area (Å²) < 4.78 is 5.97. The van der Waals surface area contributed by atoms with E-state index in [1.807, 2.05) is 18.2 Å². The highest BCUT2D eigenvalue weighted by atomic mass is 32.1. The molecule has 4 aromatic rings. The van der Waals surface area contributed by atoms with Crippen LogP contribution in [-0.4, -0.2) is 33.8 Å². The highest BCUT2D eigenvalue weighted by Crippen LogP contribution is 2.29. The molecule has 29 heavy (non-hydrogen) atoms. The summed E-state index contributed by atoms with van der Waals surface area (Å²) >= 11 is 1.35. The van der Waals surface area contributed by atoms with Gasteiger partial charge in [-0.2, -0.15) is 5.10 Å². The van der Waals surface area contributed by atoms with Gasteiger partial charge >= 0.3 is 12.0 Å². The van der Waals surface area contributed by atoms with Crippen LogP contribution in [0.25, 0.3) is 21.3 Å². The van der Waals surface area contributed by atoms with E-state index in [9.17, 15) is 9.59 Å². The molecule has 0 aliphatic carbocycles. The van der Waals surface area contributed by atoms with Gasteiger partial charge in [0.1, 0.15) is 4.88 Å². The number of H-pyrrole nitrogens is 1. The number of rotatable bonds is 5. The molecule has 0 atom stereocenters. The van der Waals surface area contributed by atoms with Gasteiger partial charge in [0.25, 0.3) is 0 Å². The Hall–Kier alpha value is -3.72. The van der Waals surface area contributed by atoms with Crippen LogP contribution in [0, 0.1) is 0 Å². The van der Waals surface area contributed by atoms with Crippen molar-refractivity contribution in [3.05, 3.63) is 59.7 Å². The summed E-state index contributed by atoms with van der Waals surface area (Å²) in [7, 11) is 0. The third kappa shape index (κ3) is 4.25. The molecule has 0 saturated carbocycles. The van der Waals surface area contributed by atoms with Crippen LogP contribution < -0.4 is 10.6 Å². The highest BCUT2D eigenvalue weighted by Gasteiger charge is 2.12. The van der Waals surface area contributed by atoms with Gasteiger partial charge in [-0.3, -0.25) is 15.4 Å². The number of carbonyl (C=O) groups is 2. The van der Waals surface area contributed by atoms with Crippen molar-refractivity contribution in [2.24, 2.45) is 0 Å². The van der Waals surface area contributed by atoms with Crippen molar-refractivity contribution in [3.63, 3.8) is 0 Å². The van der Waals surface area contributed by atoms with E-state index in [1.54, 1.807) is 43.6 Å². The maximum absolute atomic E-state index is 12.3. The summed E-state index contributed by atoms with van der Waals surface area (Å²) in [5.41, 5.74) is 2.22. The number of amides is 2. The number of nitrogens with zero attached hydrogens (tertiary/aromatic N) is 2. The van der Waals surface area contributed by atoms with Gasteiger partial charge in [0.2, 0.25) is 0 Å². The lowest BCUT2D eigenvalue weighted by molar-refractivity contribution is 0.0532. The highest BCUT2D eigenvalue weighted by molar-refractivity contribution is 7.20. The fraction of sp³-hybridized carbons (Fsp3) is 0.100. The molecule has 0 radical (unpaired) electrons. The number of aromatic amines is 1. The molecule has 1 aromatic carbocycles. The lowest BCUT2D eigenvalue weighted by Crippen LogP contribution is -2.19. The SMILES string of the molecule is CCOC(=O)c1cc2cc(NC(=O)Nc3cc(-c4cccnc4)[nH]n3)ccc2s1. The lowest BCUT2D eigenvalue weighted by Gasteiger charge is -2.05. The van der Waals surface area contributed by atoms with Crippen LogP contribution in [0.5, 0.6) is 0 Å². The van der Waals surface area contributed by atoms with E-state index in [1.165, 1.54) is 11.3 Å². The molecule has 4 rings (SSSR count). The van der Waals surface area contributed by atoms with Crippen LogP contribution in [0.1, 0.15) is 16.6 Å². The van der Waals surface area contributed by atoms with E-state index in [2.05, 4.69) is 25.8 Å². The third-order valence-electron chi connectivity index (χ3n) is 4.04. The standard InChI is InChI=1S/C20H17N5O3S/c1-2-28-19(26)17-9-13-8-14(5-6-16(13)29-17)22-20(27)23-18-10-15(24-25-18)12-4-3-7-21-11-12/h3-11H,2H2,1H3,(H3,22,23,24,25,27). The molecule has 0 saturated heterocycles. The van der Waals surface area contributed by atoms with E-state index in [4.69, 9.17) is 4.74 Å². The minimum Gasteiger partial charge on any atom is -0.462 e. The first-order valence-electron chi connectivity index (χ1n) is 8.87.